The summed E-state index contributed by atoms with van der Waals surface area (Å²) in [6.45, 7) is 8.60. The molecule has 0 saturated carbocycles. The van der Waals surface area contributed by atoms with Crippen molar-refractivity contribution in [3.8, 4) is 0 Å². The fraction of sp³-hybridized carbons (Fsp3) is 0.556. The van der Waals surface area contributed by atoms with E-state index < -0.39 is 6.04 Å². The predicted octanol–water partition coefficient (Wildman–Crippen LogP) is 4.28. The van der Waals surface area contributed by atoms with Crippen molar-refractivity contribution in [2.24, 2.45) is 5.92 Å². The molecular formula is C18H26Cl2N2O2. The van der Waals surface area contributed by atoms with Crippen LogP contribution in [0, 0.1) is 5.92 Å². The van der Waals surface area contributed by atoms with Gasteiger partial charge in [0.15, 0.2) is 0 Å². The van der Waals surface area contributed by atoms with Gasteiger partial charge in [0.25, 0.3) is 0 Å². The van der Waals surface area contributed by atoms with Crippen molar-refractivity contribution in [1.82, 2.24) is 10.2 Å². The van der Waals surface area contributed by atoms with Crippen molar-refractivity contribution in [2.45, 2.75) is 53.1 Å². The van der Waals surface area contributed by atoms with Gasteiger partial charge >= 0.3 is 0 Å². The molecule has 0 aliphatic rings. The first-order chi connectivity index (χ1) is 11.3. The molecule has 0 aliphatic heterocycles. The molecule has 4 nitrogen and oxygen atoms in total. The minimum absolute atomic E-state index is 0.0595. The summed E-state index contributed by atoms with van der Waals surface area (Å²) in [4.78, 5) is 26.4. The van der Waals surface area contributed by atoms with E-state index in [1.54, 1.807) is 30.0 Å². The molecule has 1 N–H and O–H groups in total. The van der Waals surface area contributed by atoms with Gasteiger partial charge < -0.3 is 10.2 Å². The second-order valence-corrected chi connectivity index (χ2v) is 7.17. The molecule has 1 aromatic carbocycles. The van der Waals surface area contributed by atoms with Crippen LogP contribution in [-0.4, -0.2) is 29.3 Å². The Bertz CT molecular complexity index is 576. The first-order valence-corrected chi connectivity index (χ1v) is 9.02. The second kappa shape index (κ2) is 9.90. The zero-order valence-corrected chi connectivity index (χ0v) is 16.2. The van der Waals surface area contributed by atoms with Crippen LogP contribution in [-0.2, 0) is 16.1 Å². The molecular weight excluding hydrogens is 347 g/mol. The third-order valence-electron chi connectivity index (χ3n) is 3.67. The maximum Gasteiger partial charge on any atom is 0.242 e. The van der Waals surface area contributed by atoms with Crippen LogP contribution in [0.3, 0.4) is 0 Å². The first-order valence-electron chi connectivity index (χ1n) is 8.27. The number of nitrogens with zero attached hydrogens (tertiary/aromatic N) is 1. The summed E-state index contributed by atoms with van der Waals surface area (Å²) < 4.78 is 0. The van der Waals surface area contributed by atoms with Gasteiger partial charge in [-0.15, -0.1) is 0 Å². The highest BCUT2D eigenvalue weighted by Gasteiger charge is 2.26. The van der Waals surface area contributed by atoms with Crippen LogP contribution in [0.2, 0.25) is 10.0 Å². The number of carbonyl (C=O) groups excluding carboxylic acids is 2. The van der Waals surface area contributed by atoms with Gasteiger partial charge in [0.1, 0.15) is 6.04 Å². The highest BCUT2D eigenvalue weighted by atomic mass is 35.5. The van der Waals surface area contributed by atoms with Crippen LogP contribution in [0.4, 0.5) is 0 Å². The SMILES string of the molecule is CCCC(=O)N(Cc1ccc(Cl)cc1Cl)[C@H](C)C(=O)NCC(C)C. The maximum atomic E-state index is 12.5. The van der Waals surface area contributed by atoms with Crippen molar-refractivity contribution in [3.05, 3.63) is 33.8 Å². The van der Waals surface area contributed by atoms with Crippen LogP contribution in [0.1, 0.15) is 46.1 Å². The summed E-state index contributed by atoms with van der Waals surface area (Å²) in [5, 5.41) is 3.91. The molecule has 0 unspecified atom stereocenters. The number of halogens is 2. The molecule has 1 aromatic rings. The number of benzene rings is 1. The number of carbonyl (C=O) groups is 2. The zero-order valence-electron chi connectivity index (χ0n) is 14.7. The quantitative estimate of drug-likeness (QED) is 0.739. The largest absolute Gasteiger partial charge is 0.354 e. The van der Waals surface area contributed by atoms with E-state index in [9.17, 15) is 9.59 Å². The number of rotatable bonds is 8. The molecule has 0 heterocycles. The lowest BCUT2D eigenvalue weighted by Crippen LogP contribution is -2.48. The van der Waals surface area contributed by atoms with Gasteiger partial charge in [-0.2, -0.15) is 0 Å². The molecule has 1 rings (SSSR count). The van der Waals surface area contributed by atoms with E-state index in [4.69, 9.17) is 23.2 Å². The van der Waals surface area contributed by atoms with Crippen molar-refractivity contribution < 1.29 is 9.59 Å². The Morgan fingerprint density at radius 1 is 1.21 bits per heavy atom. The predicted molar refractivity (Wildman–Crippen MR) is 99.2 cm³/mol. The van der Waals surface area contributed by atoms with E-state index in [2.05, 4.69) is 5.32 Å². The standard InChI is InChI=1S/C18H26Cl2N2O2/c1-5-6-17(23)22(13(4)18(24)21-10-12(2)3)11-14-7-8-15(19)9-16(14)20/h7-9,12-13H,5-6,10-11H2,1-4H3,(H,21,24)/t13-/m1/s1. The zero-order chi connectivity index (χ0) is 18.3. The van der Waals surface area contributed by atoms with Gasteiger partial charge in [0, 0.05) is 29.6 Å². The van der Waals surface area contributed by atoms with E-state index in [1.807, 2.05) is 20.8 Å². The Morgan fingerprint density at radius 2 is 1.88 bits per heavy atom. The van der Waals surface area contributed by atoms with Crippen molar-refractivity contribution >= 4 is 35.0 Å². The number of hydrogen-bond acceptors (Lipinski definition) is 2. The van der Waals surface area contributed by atoms with Gasteiger partial charge in [0.05, 0.1) is 0 Å². The molecule has 0 radical (unpaired) electrons. The van der Waals surface area contributed by atoms with Gasteiger partial charge in [-0.05, 0) is 37.0 Å². The minimum atomic E-state index is -0.561. The van der Waals surface area contributed by atoms with Crippen molar-refractivity contribution in [2.75, 3.05) is 6.54 Å². The summed E-state index contributed by atoms with van der Waals surface area (Å²) in [6.07, 6.45) is 1.12. The fourth-order valence-electron chi connectivity index (χ4n) is 2.23. The maximum absolute atomic E-state index is 12.5. The third kappa shape index (κ3) is 6.33. The van der Waals surface area contributed by atoms with E-state index in [0.29, 0.717) is 28.9 Å². The number of hydrogen-bond donors (Lipinski definition) is 1. The molecule has 0 aromatic heterocycles. The lowest BCUT2D eigenvalue weighted by Gasteiger charge is -2.29. The monoisotopic (exact) mass is 372 g/mol. The molecule has 1 atom stereocenters. The Labute approximate surface area is 154 Å². The summed E-state index contributed by atoms with van der Waals surface area (Å²) in [6, 6.07) is 4.60. The molecule has 6 heteroatoms. The summed E-state index contributed by atoms with van der Waals surface area (Å²) >= 11 is 12.1. The van der Waals surface area contributed by atoms with E-state index in [1.165, 1.54) is 0 Å². The highest BCUT2D eigenvalue weighted by molar-refractivity contribution is 6.35. The Hall–Kier alpha value is -1.26. The van der Waals surface area contributed by atoms with Crippen molar-refractivity contribution in [3.63, 3.8) is 0 Å². The lowest BCUT2D eigenvalue weighted by molar-refractivity contribution is -0.140. The molecule has 0 fully saturated rings. The van der Waals surface area contributed by atoms with Gasteiger partial charge in [0.2, 0.25) is 11.8 Å². The Balaban J connectivity index is 2.94. The highest BCUT2D eigenvalue weighted by Crippen LogP contribution is 2.23. The molecule has 0 saturated heterocycles. The Morgan fingerprint density at radius 3 is 2.42 bits per heavy atom. The Kier molecular flexibility index (Phi) is 8.57. The van der Waals surface area contributed by atoms with Crippen LogP contribution in [0.25, 0.3) is 0 Å². The van der Waals surface area contributed by atoms with E-state index >= 15 is 0 Å². The average molecular weight is 373 g/mol. The summed E-state index contributed by atoms with van der Waals surface area (Å²) in [5.74, 6) is 0.139. The van der Waals surface area contributed by atoms with Gasteiger partial charge in [-0.25, -0.2) is 0 Å². The number of nitrogens with one attached hydrogen (secondary N) is 1. The molecule has 134 valence electrons. The van der Waals surface area contributed by atoms with Crippen LogP contribution in [0.5, 0.6) is 0 Å². The normalized spacial score (nSPS) is 12.1. The van der Waals surface area contributed by atoms with Gasteiger partial charge in [-0.3, -0.25) is 9.59 Å². The van der Waals surface area contributed by atoms with Crippen LogP contribution < -0.4 is 5.32 Å². The molecule has 2 amide bonds. The van der Waals surface area contributed by atoms with E-state index in [-0.39, 0.29) is 18.4 Å². The fourth-order valence-corrected chi connectivity index (χ4v) is 2.69. The first kappa shape index (κ1) is 20.8. The third-order valence-corrected chi connectivity index (χ3v) is 4.26. The minimum Gasteiger partial charge on any atom is -0.354 e. The second-order valence-electron chi connectivity index (χ2n) is 6.32. The average Bonchev–Trinajstić information content (AvgIpc) is 2.51. The molecule has 0 bridgehead atoms. The van der Waals surface area contributed by atoms with Crippen LogP contribution >= 0.6 is 23.2 Å². The van der Waals surface area contributed by atoms with Crippen LogP contribution in [0.15, 0.2) is 18.2 Å². The topological polar surface area (TPSA) is 49.4 Å². The van der Waals surface area contributed by atoms with E-state index in [0.717, 1.165) is 12.0 Å². The molecule has 24 heavy (non-hydrogen) atoms. The smallest absolute Gasteiger partial charge is 0.242 e. The summed E-state index contributed by atoms with van der Waals surface area (Å²) in [7, 11) is 0. The van der Waals surface area contributed by atoms with Crippen molar-refractivity contribution in [1.29, 1.82) is 0 Å². The molecule has 0 spiro atoms. The lowest BCUT2D eigenvalue weighted by atomic mass is 10.1. The summed E-state index contributed by atoms with van der Waals surface area (Å²) in [5.41, 5.74) is 0.772. The number of amides is 2. The molecule has 0 aliphatic carbocycles. The van der Waals surface area contributed by atoms with Gasteiger partial charge in [-0.1, -0.05) is 50.0 Å².